The molecule has 1 aromatic rings. The van der Waals surface area contributed by atoms with Crippen LogP contribution in [0.3, 0.4) is 0 Å². The van der Waals surface area contributed by atoms with Crippen LogP contribution in [-0.4, -0.2) is 26.8 Å². The average Bonchev–Trinajstić information content (AvgIpc) is 3.02. The summed E-state index contributed by atoms with van der Waals surface area (Å²) in [4.78, 5) is 0. The number of para-hydroxylation sites is 1. The maximum absolute atomic E-state index is 11.7. The van der Waals surface area contributed by atoms with Gasteiger partial charge in [0.1, 0.15) is 0 Å². The van der Waals surface area contributed by atoms with Crippen LogP contribution in [0.25, 0.3) is 0 Å². The second-order valence-electron chi connectivity index (χ2n) is 4.02. The van der Waals surface area contributed by atoms with Gasteiger partial charge in [0.2, 0.25) is 10.0 Å². The molecule has 88 valence electrons. The van der Waals surface area contributed by atoms with Crippen molar-refractivity contribution in [3.05, 3.63) is 30.3 Å². The molecule has 1 fully saturated rings. The summed E-state index contributed by atoms with van der Waals surface area (Å²) < 4.78 is 25.8. The maximum atomic E-state index is 11.7. The normalized spacial score (nSPS) is 16.0. The molecule has 0 saturated heterocycles. The van der Waals surface area contributed by atoms with Crippen LogP contribution in [0.15, 0.2) is 30.3 Å². The van der Waals surface area contributed by atoms with E-state index in [9.17, 15) is 8.42 Å². The maximum Gasteiger partial charge on any atom is 0.233 e. The molecule has 2 rings (SSSR count). The molecular weight excluding hydrogens is 224 g/mol. The number of benzene rings is 1. The lowest BCUT2D eigenvalue weighted by atomic mass is 10.3. The fourth-order valence-corrected chi connectivity index (χ4v) is 2.41. The van der Waals surface area contributed by atoms with Crippen LogP contribution in [0.2, 0.25) is 0 Å². The number of sulfonamides is 1. The molecule has 0 radical (unpaired) electrons. The van der Waals surface area contributed by atoms with Crippen molar-refractivity contribution in [2.45, 2.75) is 18.9 Å². The Labute approximate surface area is 96.1 Å². The van der Waals surface area contributed by atoms with E-state index in [1.807, 2.05) is 6.07 Å². The molecule has 1 aromatic carbocycles. The lowest BCUT2D eigenvalue weighted by Gasteiger charge is -2.08. The molecule has 0 atom stereocenters. The number of nitrogens with one attached hydrogen (secondary N) is 2. The van der Waals surface area contributed by atoms with E-state index in [0.717, 1.165) is 0 Å². The number of anilines is 1. The predicted octanol–water partition coefficient (Wildman–Crippen LogP) is 1.18. The topological polar surface area (TPSA) is 58.2 Å². The Morgan fingerprint density at radius 2 is 1.88 bits per heavy atom. The highest BCUT2D eigenvalue weighted by Gasteiger charge is 2.21. The summed E-state index contributed by atoms with van der Waals surface area (Å²) in [5, 5.41) is 3.18. The average molecular weight is 240 g/mol. The molecule has 1 aliphatic carbocycles. The first-order valence-corrected chi connectivity index (χ1v) is 7.10. The minimum absolute atomic E-state index is 0.123. The van der Waals surface area contributed by atoms with Crippen molar-refractivity contribution in [3.8, 4) is 0 Å². The molecule has 0 unspecified atom stereocenters. The van der Waals surface area contributed by atoms with E-state index >= 15 is 0 Å². The van der Waals surface area contributed by atoms with Crippen LogP contribution in [0.4, 0.5) is 5.69 Å². The zero-order valence-corrected chi connectivity index (χ0v) is 9.83. The molecule has 0 bridgehead atoms. The van der Waals surface area contributed by atoms with Gasteiger partial charge in [-0.25, -0.2) is 8.42 Å². The van der Waals surface area contributed by atoms with E-state index in [1.54, 1.807) is 24.3 Å². The van der Waals surface area contributed by atoms with Gasteiger partial charge in [-0.05, 0) is 25.0 Å². The molecule has 1 aliphatic rings. The Morgan fingerprint density at radius 3 is 2.50 bits per heavy atom. The van der Waals surface area contributed by atoms with Crippen LogP contribution < -0.4 is 10.0 Å². The lowest BCUT2D eigenvalue weighted by molar-refractivity contribution is 0.595. The number of hydrogen-bond acceptors (Lipinski definition) is 3. The van der Waals surface area contributed by atoms with E-state index < -0.39 is 10.0 Å². The summed E-state index contributed by atoms with van der Waals surface area (Å²) in [5.74, 6) is 0.123. The highest BCUT2D eigenvalue weighted by atomic mass is 32.2. The first kappa shape index (κ1) is 11.4. The van der Waals surface area contributed by atoms with Gasteiger partial charge in [-0.15, -0.1) is 0 Å². The Hall–Kier alpha value is -1.07. The van der Waals surface area contributed by atoms with E-state index in [1.165, 1.54) is 12.8 Å². The molecule has 0 heterocycles. The van der Waals surface area contributed by atoms with Gasteiger partial charge in [0.25, 0.3) is 0 Å². The minimum atomic E-state index is -3.22. The van der Waals surface area contributed by atoms with Gasteiger partial charge in [0.05, 0.1) is 5.75 Å². The van der Waals surface area contributed by atoms with Gasteiger partial charge >= 0.3 is 0 Å². The molecule has 1 saturated carbocycles. The Morgan fingerprint density at radius 1 is 1.19 bits per heavy atom. The smallest absolute Gasteiger partial charge is 0.233 e. The van der Waals surface area contributed by atoms with Crippen molar-refractivity contribution in [1.82, 2.24) is 5.32 Å². The van der Waals surface area contributed by atoms with Gasteiger partial charge in [-0.3, -0.25) is 4.72 Å². The SMILES string of the molecule is O=S(=O)(CCNC1CC1)Nc1ccccc1. The zero-order valence-electron chi connectivity index (χ0n) is 9.02. The second kappa shape index (κ2) is 4.84. The van der Waals surface area contributed by atoms with Crippen molar-refractivity contribution >= 4 is 15.7 Å². The Bertz CT molecular complexity index is 427. The lowest BCUT2D eigenvalue weighted by Crippen LogP contribution is -2.27. The molecule has 0 amide bonds. The third-order valence-electron chi connectivity index (χ3n) is 2.43. The van der Waals surface area contributed by atoms with Gasteiger partial charge < -0.3 is 5.32 Å². The van der Waals surface area contributed by atoms with Gasteiger partial charge in [-0.1, -0.05) is 18.2 Å². The predicted molar refractivity (Wildman–Crippen MR) is 64.9 cm³/mol. The molecular formula is C11H16N2O2S. The number of hydrogen-bond donors (Lipinski definition) is 2. The summed E-state index contributed by atoms with van der Waals surface area (Å²) >= 11 is 0. The first-order valence-electron chi connectivity index (χ1n) is 5.45. The monoisotopic (exact) mass is 240 g/mol. The largest absolute Gasteiger partial charge is 0.313 e. The fourth-order valence-electron chi connectivity index (χ4n) is 1.42. The van der Waals surface area contributed by atoms with Gasteiger partial charge in [0, 0.05) is 18.3 Å². The van der Waals surface area contributed by atoms with Gasteiger partial charge in [-0.2, -0.15) is 0 Å². The van der Waals surface area contributed by atoms with E-state index in [-0.39, 0.29) is 5.75 Å². The summed E-state index contributed by atoms with van der Waals surface area (Å²) in [6, 6.07) is 9.50. The molecule has 4 nitrogen and oxygen atoms in total. The van der Waals surface area contributed by atoms with Crippen LogP contribution in [-0.2, 0) is 10.0 Å². The molecule has 0 aromatic heterocycles. The van der Waals surface area contributed by atoms with Gasteiger partial charge in [0.15, 0.2) is 0 Å². The van der Waals surface area contributed by atoms with Crippen LogP contribution >= 0.6 is 0 Å². The Kier molecular flexibility index (Phi) is 3.46. The zero-order chi connectivity index (χ0) is 11.4. The highest BCUT2D eigenvalue weighted by Crippen LogP contribution is 2.18. The molecule has 16 heavy (non-hydrogen) atoms. The molecule has 0 spiro atoms. The number of rotatable bonds is 6. The summed E-state index contributed by atoms with van der Waals surface area (Å²) in [5.41, 5.74) is 0.619. The molecule has 5 heteroatoms. The first-order chi connectivity index (χ1) is 7.66. The van der Waals surface area contributed by atoms with E-state index in [4.69, 9.17) is 0 Å². The third-order valence-corrected chi connectivity index (χ3v) is 3.72. The molecule has 0 aliphatic heterocycles. The summed E-state index contributed by atoms with van der Waals surface area (Å²) in [7, 11) is -3.22. The summed E-state index contributed by atoms with van der Waals surface area (Å²) in [6.45, 7) is 0.521. The quantitative estimate of drug-likeness (QED) is 0.785. The third kappa shape index (κ3) is 3.83. The van der Waals surface area contributed by atoms with Crippen LogP contribution in [0, 0.1) is 0 Å². The summed E-state index contributed by atoms with van der Waals surface area (Å²) in [6.07, 6.45) is 2.35. The minimum Gasteiger partial charge on any atom is -0.313 e. The van der Waals surface area contributed by atoms with E-state index in [0.29, 0.717) is 18.3 Å². The van der Waals surface area contributed by atoms with E-state index in [2.05, 4.69) is 10.0 Å². The Balaban J connectivity index is 1.82. The van der Waals surface area contributed by atoms with Crippen molar-refractivity contribution < 1.29 is 8.42 Å². The van der Waals surface area contributed by atoms with Crippen LogP contribution in [0.1, 0.15) is 12.8 Å². The fraction of sp³-hybridized carbons (Fsp3) is 0.455. The van der Waals surface area contributed by atoms with Crippen molar-refractivity contribution in [3.63, 3.8) is 0 Å². The second-order valence-corrected chi connectivity index (χ2v) is 5.86. The van der Waals surface area contributed by atoms with Crippen LogP contribution in [0.5, 0.6) is 0 Å². The van der Waals surface area contributed by atoms with Crippen molar-refractivity contribution in [2.75, 3.05) is 17.0 Å². The highest BCUT2D eigenvalue weighted by molar-refractivity contribution is 7.92. The van der Waals surface area contributed by atoms with Crippen molar-refractivity contribution in [1.29, 1.82) is 0 Å². The van der Waals surface area contributed by atoms with Crippen molar-refractivity contribution in [2.24, 2.45) is 0 Å². The molecule has 2 N–H and O–H groups in total. The standard InChI is InChI=1S/C11H16N2O2S/c14-16(15,9-8-12-10-6-7-10)13-11-4-2-1-3-5-11/h1-5,10,12-13H,6-9H2.